The van der Waals surface area contributed by atoms with E-state index in [1.165, 1.54) is 17.0 Å². The number of hydrogen-bond acceptors (Lipinski definition) is 5. The summed E-state index contributed by atoms with van der Waals surface area (Å²) in [5, 5.41) is 15.4. The number of nitrogens with zero attached hydrogens (tertiary/aromatic N) is 1. The maximum absolute atomic E-state index is 13.3. The molecule has 8 nitrogen and oxygen atoms in total. The number of rotatable bonds is 8. The molecule has 3 rings (SSSR count). The Labute approximate surface area is 193 Å². The topological polar surface area (TPSA) is 108 Å². The average Bonchev–Trinajstić information content (AvgIpc) is 3.58. The fourth-order valence-electron chi connectivity index (χ4n) is 3.48. The van der Waals surface area contributed by atoms with Crippen molar-refractivity contribution < 1.29 is 24.2 Å². The molecule has 1 unspecified atom stereocenters. The van der Waals surface area contributed by atoms with E-state index in [0.29, 0.717) is 12.1 Å². The number of alkyl carbamates (subject to hydrolysis) is 1. The zero-order chi connectivity index (χ0) is 24.0. The smallest absolute Gasteiger partial charge is 0.408 e. The average molecular weight is 454 g/mol. The first kappa shape index (κ1) is 24.1. The first-order valence-electron chi connectivity index (χ1n) is 11.0. The molecule has 1 aliphatic carbocycles. The van der Waals surface area contributed by atoms with Crippen LogP contribution in [0, 0.1) is 0 Å². The van der Waals surface area contributed by atoms with Gasteiger partial charge in [-0.3, -0.25) is 9.59 Å². The van der Waals surface area contributed by atoms with Crippen molar-refractivity contribution in [3.8, 4) is 5.75 Å². The van der Waals surface area contributed by atoms with E-state index in [-0.39, 0.29) is 24.2 Å². The highest BCUT2D eigenvalue weighted by Gasteiger charge is 2.41. The summed E-state index contributed by atoms with van der Waals surface area (Å²) in [5.74, 6) is -0.753. The van der Waals surface area contributed by atoms with Gasteiger partial charge in [0.1, 0.15) is 23.9 Å². The van der Waals surface area contributed by atoms with Gasteiger partial charge < -0.3 is 25.4 Å². The Morgan fingerprint density at radius 1 is 1.06 bits per heavy atom. The summed E-state index contributed by atoms with van der Waals surface area (Å²) in [6.45, 7) is 5.21. The highest BCUT2D eigenvalue weighted by molar-refractivity contribution is 5.91. The summed E-state index contributed by atoms with van der Waals surface area (Å²) >= 11 is 0. The number of carbonyl (C=O) groups excluding carboxylic acids is 3. The van der Waals surface area contributed by atoms with E-state index in [2.05, 4.69) is 10.6 Å². The summed E-state index contributed by atoms with van der Waals surface area (Å²) in [6, 6.07) is 14.7. The molecule has 0 aromatic heterocycles. The van der Waals surface area contributed by atoms with Crippen molar-refractivity contribution in [2.75, 3.05) is 6.54 Å². The van der Waals surface area contributed by atoms with Gasteiger partial charge in [0.15, 0.2) is 0 Å². The van der Waals surface area contributed by atoms with Gasteiger partial charge >= 0.3 is 6.09 Å². The van der Waals surface area contributed by atoms with Gasteiger partial charge in [-0.05, 0) is 56.9 Å². The Hall–Kier alpha value is -3.55. The van der Waals surface area contributed by atoms with Crippen LogP contribution in [-0.4, -0.2) is 46.1 Å². The largest absolute Gasteiger partial charge is 0.508 e. The van der Waals surface area contributed by atoms with Crippen molar-refractivity contribution in [1.82, 2.24) is 15.5 Å². The fourth-order valence-corrected chi connectivity index (χ4v) is 3.48. The molecule has 33 heavy (non-hydrogen) atoms. The molecular weight excluding hydrogens is 422 g/mol. The maximum atomic E-state index is 13.3. The van der Waals surface area contributed by atoms with Crippen LogP contribution >= 0.6 is 0 Å². The molecule has 1 fully saturated rings. The van der Waals surface area contributed by atoms with Gasteiger partial charge in [-0.1, -0.05) is 42.5 Å². The number of phenols is 1. The number of hydrogen-bond donors (Lipinski definition) is 3. The minimum absolute atomic E-state index is 0.00318. The van der Waals surface area contributed by atoms with Gasteiger partial charge in [0.05, 0.1) is 0 Å². The molecule has 3 N–H and O–H groups in total. The van der Waals surface area contributed by atoms with Crippen molar-refractivity contribution in [2.45, 2.75) is 57.8 Å². The van der Waals surface area contributed by atoms with Gasteiger partial charge in [-0.25, -0.2) is 4.79 Å². The Morgan fingerprint density at radius 2 is 1.76 bits per heavy atom. The third-order valence-electron chi connectivity index (χ3n) is 5.03. The van der Waals surface area contributed by atoms with Crippen LogP contribution in [0.4, 0.5) is 4.79 Å². The van der Waals surface area contributed by atoms with E-state index < -0.39 is 23.6 Å². The van der Waals surface area contributed by atoms with Gasteiger partial charge in [0.25, 0.3) is 0 Å². The zero-order valence-corrected chi connectivity index (χ0v) is 19.2. The van der Waals surface area contributed by atoms with Crippen LogP contribution in [0.3, 0.4) is 0 Å². The van der Waals surface area contributed by atoms with Gasteiger partial charge in [0.2, 0.25) is 11.8 Å². The molecule has 8 heteroatoms. The Bertz CT molecular complexity index is 983. The van der Waals surface area contributed by atoms with E-state index in [9.17, 15) is 19.5 Å². The van der Waals surface area contributed by atoms with Gasteiger partial charge in [0, 0.05) is 12.6 Å². The fraction of sp³-hybridized carbons (Fsp3) is 0.400. The first-order valence-corrected chi connectivity index (χ1v) is 11.0. The second kappa shape index (κ2) is 10.4. The van der Waals surface area contributed by atoms with Crippen molar-refractivity contribution in [2.24, 2.45) is 0 Å². The number of aromatic hydroxyl groups is 1. The number of amides is 3. The predicted molar refractivity (Wildman–Crippen MR) is 123 cm³/mol. The van der Waals surface area contributed by atoms with Crippen molar-refractivity contribution >= 4 is 17.9 Å². The molecule has 0 radical (unpaired) electrons. The van der Waals surface area contributed by atoms with Gasteiger partial charge in [-0.15, -0.1) is 0 Å². The van der Waals surface area contributed by atoms with Crippen LogP contribution in [0.25, 0.3) is 0 Å². The quantitative estimate of drug-likeness (QED) is 0.569. The van der Waals surface area contributed by atoms with E-state index in [1.807, 2.05) is 30.3 Å². The summed E-state index contributed by atoms with van der Waals surface area (Å²) in [4.78, 5) is 40.1. The van der Waals surface area contributed by atoms with Gasteiger partial charge in [-0.2, -0.15) is 0 Å². The van der Waals surface area contributed by atoms with Crippen LogP contribution in [0.2, 0.25) is 0 Å². The SMILES string of the molecule is CC(C)(C)OC(=O)NCC(=O)N(C1CC1)C(C(=O)NCc1ccccc1)c1cccc(O)c1. The van der Waals surface area contributed by atoms with E-state index in [1.54, 1.807) is 32.9 Å². The van der Waals surface area contributed by atoms with Crippen LogP contribution < -0.4 is 10.6 Å². The first-order chi connectivity index (χ1) is 15.6. The van der Waals surface area contributed by atoms with Crippen LogP contribution in [-0.2, 0) is 20.9 Å². The lowest BCUT2D eigenvalue weighted by Crippen LogP contribution is -2.48. The monoisotopic (exact) mass is 453 g/mol. The predicted octanol–water partition coefficient (Wildman–Crippen LogP) is 3.27. The highest BCUT2D eigenvalue weighted by atomic mass is 16.6. The molecule has 1 saturated carbocycles. The second-order valence-corrected chi connectivity index (χ2v) is 9.09. The molecule has 3 amide bonds. The molecule has 0 aliphatic heterocycles. The number of benzene rings is 2. The lowest BCUT2D eigenvalue weighted by Gasteiger charge is -2.32. The van der Waals surface area contributed by atoms with E-state index in [0.717, 1.165) is 18.4 Å². The Morgan fingerprint density at radius 3 is 2.36 bits per heavy atom. The summed E-state index contributed by atoms with van der Waals surface area (Å²) in [6.07, 6.45) is 0.827. The lowest BCUT2D eigenvalue weighted by atomic mass is 10.0. The lowest BCUT2D eigenvalue weighted by molar-refractivity contribution is -0.141. The molecule has 0 saturated heterocycles. The minimum atomic E-state index is -0.943. The molecule has 2 aromatic rings. The molecular formula is C25H31N3O5. The van der Waals surface area contributed by atoms with E-state index in [4.69, 9.17) is 4.74 Å². The van der Waals surface area contributed by atoms with Crippen LogP contribution in [0.5, 0.6) is 5.75 Å². The minimum Gasteiger partial charge on any atom is -0.508 e. The number of phenolic OH excluding ortho intramolecular Hbond substituents is 1. The molecule has 2 aromatic carbocycles. The third kappa shape index (κ3) is 7.24. The molecule has 0 bridgehead atoms. The normalized spacial score (nSPS) is 14.2. The van der Waals surface area contributed by atoms with Crippen LogP contribution in [0.1, 0.15) is 50.8 Å². The van der Waals surface area contributed by atoms with Crippen molar-refractivity contribution in [3.05, 3.63) is 65.7 Å². The Kier molecular flexibility index (Phi) is 7.58. The molecule has 1 aliphatic rings. The summed E-state index contributed by atoms with van der Waals surface area (Å²) in [7, 11) is 0. The molecule has 0 spiro atoms. The summed E-state index contributed by atoms with van der Waals surface area (Å²) in [5.41, 5.74) is 0.736. The Balaban J connectivity index is 1.79. The summed E-state index contributed by atoms with van der Waals surface area (Å²) < 4.78 is 5.21. The number of nitrogens with one attached hydrogen (secondary N) is 2. The standard InChI is InChI=1S/C25H31N3O5/c1-25(2,3)33-24(32)27-16-21(30)28(19-12-13-19)22(18-10-7-11-20(29)14-18)23(31)26-15-17-8-5-4-6-9-17/h4-11,14,19,22,29H,12-13,15-16H2,1-3H3,(H,26,31)(H,27,32). The second-order valence-electron chi connectivity index (χ2n) is 9.09. The van der Waals surface area contributed by atoms with Crippen molar-refractivity contribution in [1.29, 1.82) is 0 Å². The number of ether oxygens (including phenoxy) is 1. The third-order valence-corrected chi connectivity index (χ3v) is 5.03. The zero-order valence-electron chi connectivity index (χ0n) is 19.2. The molecule has 176 valence electrons. The molecule has 1 atom stereocenters. The molecule has 0 heterocycles. The number of carbonyl (C=O) groups is 3. The maximum Gasteiger partial charge on any atom is 0.408 e. The van der Waals surface area contributed by atoms with Crippen LogP contribution in [0.15, 0.2) is 54.6 Å². The highest BCUT2D eigenvalue weighted by Crippen LogP contribution is 2.35. The van der Waals surface area contributed by atoms with Crippen molar-refractivity contribution in [3.63, 3.8) is 0 Å². The van der Waals surface area contributed by atoms with E-state index >= 15 is 0 Å².